The van der Waals surface area contributed by atoms with Crippen molar-refractivity contribution in [1.82, 2.24) is 0 Å². The van der Waals surface area contributed by atoms with E-state index in [2.05, 4.69) is 0 Å². The van der Waals surface area contributed by atoms with Crippen LogP contribution in [0.15, 0.2) is 60.7 Å². The Morgan fingerprint density at radius 1 is 0.812 bits per heavy atom. The number of hydrogen-bond donors (Lipinski definition) is 1. The molecule has 16 heavy (non-hydrogen) atoms. The fourth-order valence-electron chi connectivity index (χ4n) is 1.77. The molecule has 2 aromatic carbocycles. The molecule has 0 saturated heterocycles. The van der Waals surface area contributed by atoms with Crippen LogP contribution in [0.5, 0.6) is 0 Å². The van der Waals surface area contributed by atoms with Crippen molar-refractivity contribution < 1.29 is 4.74 Å². The monoisotopic (exact) mass is 213 g/mol. The van der Waals surface area contributed by atoms with E-state index in [0.29, 0.717) is 0 Å². The van der Waals surface area contributed by atoms with Crippen LogP contribution in [-0.4, -0.2) is 7.11 Å². The average Bonchev–Trinajstić information content (AvgIpc) is 2.40. The molecule has 2 nitrogen and oxygen atoms in total. The van der Waals surface area contributed by atoms with Gasteiger partial charge in [-0.3, -0.25) is 5.73 Å². The molecule has 0 radical (unpaired) electrons. The molecule has 2 N–H and O–H groups in total. The fraction of sp³-hybridized carbons (Fsp3) is 0.143. The lowest BCUT2D eigenvalue weighted by atomic mass is 9.95. The maximum atomic E-state index is 6.32. The minimum absolute atomic E-state index is 0.872. The summed E-state index contributed by atoms with van der Waals surface area (Å²) >= 11 is 0. The van der Waals surface area contributed by atoms with Gasteiger partial charge in [0.15, 0.2) is 5.72 Å². The highest BCUT2D eigenvalue weighted by Gasteiger charge is 2.28. The van der Waals surface area contributed by atoms with Crippen LogP contribution in [-0.2, 0) is 10.5 Å². The SMILES string of the molecule is COC(N)(c1ccccc1)c1ccccc1. The Morgan fingerprint density at radius 3 is 1.50 bits per heavy atom. The van der Waals surface area contributed by atoms with Crippen molar-refractivity contribution in [3.8, 4) is 0 Å². The Bertz CT molecular complexity index is 399. The molecule has 0 bridgehead atoms. The maximum absolute atomic E-state index is 6.32. The molecule has 0 fully saturated rings. The number of ether oxygens (including phenoxy) is 1. The van der Waals surface area contributed by atoms with Gasteiger partial charge < -0.3 is 4.74 Å². The summed E-state index contributed by atoms with van der Waals surface area (Å²) in [6.07, 6.45) is 0. The van der Waals surface area contributed by atoms with Crippen LogP contribution < -0.4 is 5.73 Å². The largest absolute Gasteiger partial charge is 0.355 e. The van der Waals surface area contributed by atoms with Gasteiger partial charge in [0.2, 0.25) is 0 Å². The summed E-state index contributed by atoms with van der Waals surface area (Å²) in [6, 6.07) is 19.6. The zero-order valence-corrected chi connectivity index (χ0v) is 9.26. The Balaban J connectivity index is 2.49. The molecule has 0 spiro atoms. The van der Waals surface area contributed by atoms with Crippen molar-refractivity contribution in [2.24, 2.45) is 5.73 Å². The minimum atomic E-state index is -0.872. The molecule has 0 atom stereocenters. The lowest BCUT2D eigenvalue weighted by Gasteiger charge is -2.28. The molecule has 0 unspecified atom stereocenters. The van der Waals surface area contributed by atoms with Gasteiger partial charge in [-0.1, -0.05) is 60.7 Å². The first-order valence-electron chi connectivity index (χ1n) is 5.22. The molecule has 2 aromatic rings. The van der Waals surface area contributed by atoms with E-state index in [4.69, 9.17) is 10.5 Å². The van der Waals surface area contributed by atoms with Gasteiger partial charge in [0.05, 0.1) is 0 Å². The molecule has 0 aliphatic heterocycles. The standard InChI is InChI=1S/C14H15NO/c1-16-14(15,12-8-4-2-5-9-12)13-10-6-3-7-11-13/h2-11H,15H2,1H3. The highest BCUT2D eigenvalue weighted by molar-refractivity contribution is 5.34. The normalized spacial score (nSPS) is 11.4. The van der Waals surface area contributed by atoms with E-state index in [1.807, 2.05) is 60.7 Å². The van der Waals surface area contributed by atoms with E-state index in [1.54, 1.807) is 7.11 Å². The van der Waals surface area contributed by atoms with E-state index in [0.717, 1.165) is 11.1 Å². The molecule has 0 aliphatic rings. The minimum Gasteiger partial charge on any atom is -0.355 e. The van der Waals surface area contributed by atoms with Crippen LogP contribution in [0.2, 0.25) is 0 Å². The second-order valence-corrected chi connectivity index (χ2v) is 3.67. The Kier molecular flexibility index (Phi) is 3.04. The summed E-state index contributed by atoms with van der Waals surface area (Å²) in [5.74, 6) is 0. The fourth-order valence-corrected chi connectivity index (χ4v) is 1.77. The van der Waals surface area contributed by atoms with E-state index in [-0.39, 0.29) is 0 Å². The van der Waals surface area contributed by atoms with Gasteiger partial charge in [-0.25, -0.2) is 0 Å². The van der Waals surface area contributed by atoms with Gasteiger partial charge in [0, 0.05) is 18.2 Å². The summed E-state index contributed by atoms with van der Waals surface area (Å²) in [7, 11) is 1.62. The van der Waals surface area contributed by atoms with Crippen LogP contribution in [0.25, 0.3) is 0 Å². The van der Waals surface area contributed by atoms with Gasteiger partial charge in [-0.15, -0.1) is 0 Å². The lowest BCUT2D eigenvalue weighted by molar-refractivity contribution is 0.0277. The first kappa shape index (κ1) is 10.9. The number of benzene rings is 2. The van der Waals surface area contributed by atoms with E-state index in [1.165, 1.54) is 0 Å². The zero-order valence-electron chi connectivity index (χ0n) is 9.26. The first-order valence-corrected chi connectivity index (χ1v) is 5.22. The molecular formula is C14H15NO. The molecule has 0 aliphatic carbocycles. The molecule has 0 aromatic heterocycles. The van der Waals surface area contributed by atoms with Gasteiger partial charge in [-0.2, -0.15) is 0 Å². The van der Waals surface area contributed by atoms with E-state index < -0.39 is 5.72 Å². The van der Waals surface area contributed by atoms with Gasteiger partial charge in [0.1, 0.15) is 0 Å². The van der Waals surface area contributed by atoms with Crippen LogP contribution in [0.3, 0.4) is 0 Å². The molecule has 0 heterocycles. The van der Waals surface area contributed by atoms with E-state index in [9.17, 15) is 0 Å². The number of rotatable bonds is 3. The van der Waals surface area contributed by atoms with Crippen LogP contribution in [0, 0.1) is 0 Å². The second kappa shape index (κ2) is 4.47. The summed E-state index contributed by atoms with van der Waals surface area (Å²) < 4.78 is 5.49. The first-order chi connectivity index (χ1) is 7.77. The highest BCUT2D eigenvalue weighted by atomic mass is 16.5. The summed E-state index contributed by atoms with van der Waals surface area (Å²) in [5, 5.41) is 0. The van der Waals surface area contributed by atoms with Crippen molar-refractivity contribution in [3.05, 3.63) is 71.8 Å². The smallest absolute Gasteiger partial charge is 0.168 e. The third-order valence-corrected chi connectivity index (χ3v) is 2.73. The molecule has 2 heteroatoms. The van der Waals surface area contributed by atoms with Gasteiger partial charge in [-0.05, 0) is 0 Å². The number of methoxy groups -OCH3 is 1. The van der Waals surface area contributed by atoms with Crippen molar-refractivity contribution in [2.45, 2.75) is 5.72 Å². The molecule has 0 amide bonds. The van der Waals surface area contributed by atoms with Gasteiger partial charge >= 0.3 is 0 Å². The molecule has 0 saturated carbocycles. The maximum Gasteiger partial charge on any atom is 0.168 e. The van der Waals surface area contributed by atoms with Crippen molar-refractivity contribution in [1.29, 1.82) is 0 Å². The van der Waals surface area contributed by atoms with Crippen LogP contribution in [0.1, 0.15) is 11.1 Å². The van der Waals surface area contributed by atoms with Crippen LogP contribution >= 0.6 is 0 Å². The van der Waals surface area contributed by atoms with E-state index >= 15 is 0 Å². The summed E-state index contributed by atoms with van der Waals surface area (Å²) in [4.78, 5) is 0. The average molecular weight is 213 g/mol. The number of nitrogens with two attached hydrogens (primary N) is 1. The van der Waals surface area contributed by atoms with Gasteiger partial charge in [0.25, 0.3) is 0 Å². The Morgan fingerprint density at radius 2 is 1.19 bits per heavy atom. The third kappa shape index (κ3) is 1.85. The Hall–Kier alpha value is -1.64. The molecule has 82 valence electrons. The highest BCUT2D eigenvalue weighted by Crippen LogP contribution is 2.27. The third-order valence-electron chi connectivity index (χ3n) is 2.73. The molecular weight excluding hydrogens is 198 g/mol. The predicted octanol–water partition coefficient (Wildman–Crippen LogP) is 2.49. The Labute approximate surface area is 95.7 Å². The quantitative estimate of drug-likeness (QED) is 0.795. The second-order valence-electron chi connectivity index (χ2n) is 3.67. The van der Waals surface area contributed by atoms with Crippen molar-refractivity contribution in [2.75, 3.05) is 7.11 Å². The van der Waals surface area contributed by atoms with Crippen molar-refractivity contribution in [3.63, 3.8) is 0 Å². The predicted molar refractivity (Wildman–Crippen MR) is 64.9 cm³/mol. The summed E-state index contributed by atoms with van der Waals surface area (Å²) in [6.45, 7) is 0. The van der Waals surface area contributed by atoms with Crippen LogP contribution in [0.4, 0.5) is 0 Å². The zero-order chi connectivity index (χ0) is 11.4. The summed E-state index contributed by atoms with van der Waals surface area (Å²) in [5.41, 5.74) is 7.34. The topological polar surface area (TPSA) is 35.2 Å². The number of hydrogen-bond acceptors (Lipinski definition) is 2. The lowest BCUT2D eigenvalue weighted by Crippen LogP contribution is -2.39. The molecule has 2 rings (SSSR count). The van der Waals surface area contributed by atoms with Crippen molar-refractivity contribution >= 4 is 0 Å².